The van der Waals surface area contributed by atoms with E-state index in [2.05, 4.69) is 4.90 Å². The van der Waals surface area contributed by atoms with Gasteiger partial charge in [0.15, 0.2) is 0 Å². The van der Waals surface area contributed by atoms with Crippen LogP contribution < -0.4 is 0 Å². The van der Waals surface area contributed by atoms with E-state index in [-0.39, 0.29) is 0 Å². The molecule has 1 aromatic rings. The van der Waals surface area contributed by atoms with Gasteiger partial charge in [-0.25, -0.2) is 0 Å². The molecule has 13 heavy (non-hydrogen) atoms. The van der Waals surface area contributed by atoms with Crippen LogP contribution in [0.25, 0.3) is 0 Å². The first-order chi connectivity index (χ1) is 6.22. The molecule has 0 radical (unpaired) electrons. The van der Waals surface area contributed by atoms with Gasteiger partial charge in [-0.3, -0.25) is 4.90 Å². The summed E-state index contributed by atoms with van der Waals surface area (Å²) in [5.74, 6) is 0. The van der Waals surface area contributed by atoms with E-state index in [0.29, 0.717) is 0 Å². The van der Waals surface area contributed by atoms with E-state index in [1.54, 1.807) is 11.3 Å². The first-order valence-corrected chi connectivity index (χ1v) is 5.53. The lowest BCUT2D eigenvalue weighted by molar-refractivity contribution is 0.367. The van der Waals surface area contributed by atoms with E-state index >= 15 is 0 Å². The van der Waals surface area contributed by atoms with Gasteiger partial charge >= 0.3 is 0 Å². The van der Waals surface area contributed by atoms with Crippen LogP contribution in [0.3, 0.4) is 0 Å². The number of rotatable bonds is 4. The highest BCUT2D eigenvalue weighted by molar-refractivity contribution is 7.16. The summed E-state index contributed by atoms with van der Waals surface area (Å²) in [6.45, 7) is 1.78. The van der Waals surface area contributed by atoms with Gasteiger partial charge < -0.3 is 0 Å². The molecule has 0 spiro atoms. The molecule has 0 atom stereocenters. The summed E-state index contributed by atoms with van der Waals surface area (Å²) in [5, 5.41) is 0. The Labute approximate surface area is 92.6 Å². The fraction of sp³-hybridized carbons (Fsp3) is 0.333. The molecule has 0 aliphatic carbocycles. The van der Waals surface area contributed by atoms with Gasteiger partial charge in [-0.05, 0) is 19.2 Å². The first-order valence-electron chi connectivity index (χ1n) is 3.90. The second-order valence-electron chi connectivity index (χ2n) is 2.76. The SMILES string of the molecule is CN(C/C=C/Cl)Cc1ccc(Cl)s1. The minimum atomic E-state index is 0.844. The molecule has 72 valence electrons. The van der Waals surface area contributed by atoms with Gasteiger partial charge in [-0.15, -0.1) is 11.3 Å². The van der Waals surface area contributed by atoms with Crippen molar-refractivity contribution in [3.05, 3.63) is 33.0 Å². The molecule has 0 saturated carbocycles. The second-order valence-corrected chi connectivity index (χ2v) is 4.82. The van der Waals surface area contributed by atoms with Crippen molar-refractivity contribution >= 4 is 34.5 Å². The molecule has 0 aliphatic heterocycles. The van der Waals surface area contributed by atoms with Crippen molar-refractivity contribution in [3.8, 4) is 0 Å². The maximum absolute atomic E-state index is 5.81. The van der Waals surface area contributed by atoms with Gasteiger partial charge in [0.05, 0.1) is 4.34 Å². The van der Waals surface area contributed by atoms with Gasteiger partial charge in [0.2, 0.25) is 0 Å². The summed E-state index contributed by atoms with van der Waals surface area (Å²) in [6, 6.07) is 3.97. The van der Waals surface area contributed by atoms with Crippen LogP contribution in [0.5, 0.6) is 0 Å². The Balaban J connectivity index is 2.40. The van der Waals surface area contributed by atoms with E-state index in [1.165, 1.54) is 10.4 Å². The number of thiophene rings is 1. The normalized spacial score (nSPS) is 11.7. The molecule has 0 aromatic carbocycles. The summed E-state index contributed by atoms with van der Waals surface area (Å²) in [7, 11) is 2.05. The highest BCUT2D eigenvalue weighted by Gasteiger charge is 2.00. The molecule has 1 rings (SSSR count). The minimum absolute atomic E-state index is 0.844. The fourth-order valence-electron chi connectivity index (χ4n) is 0.987. The zero-order valence-electron chi connectivity index (χ0n) is 7.34. The van der Waals surface area contributed by atoms with E-state index < -0.39 is 0 Å². The Kier molecular flexibility index (Phi) is 4.81. The Morgan fingerprint density at radius 2 is 2.31 bits per heavy atom. The largest absolute Gasteiger partial charge is 0.298 e. The molecule has 0 N–H and O–H groups in total. The molecule has 1 aromatic heterocycles. The highest BCUT2D eigenvalue weighted by Crippen LogP contribution is 2.22. The second kappa shape index (κ2) is 5.66. The van der Waals surface area contributed by atoms with Gasteiger partial charge in [-0.1, -0.05) is 29.3 Å². The van der Waals surface area contributed by atoms with E-state index in [9.17, 15) is 0 Å². The zero-order valence-corrected chi connectivity index (χ0v) is 9.66. The highest BCUT2D eigenvalue weighted by atomic mass is 35.5. The lowest BCUT2D eigenvalue weighted by Gasteiger charge is -2.11. The Bertz CT molecular complexity index is 283. The number of hydrogen-bond acceptors (Lipinski definition) is 2. The predicted molar refractivity (Wildman–Crippen MR) is 60.7 cm³/mol. The molecule has 1 heterocycles. The van der Waals surface area contributed by atoms with Crippen molar-refractivity contribution in [2.75, 3.05) is 13.6 Å². The molecule has 0 fully saturated rings. The van der Waals surface area contributed by atoms with Crippen LogP contribution in [0, 0.1) is 0 Å². The van der Waals surface area contributed by atoms with Crippen molar-refractivity contribution in [2.45, 2.75) is 6.54 Å². The third-order valence-electron chi connectivity index (χ3n) is 1.56. The number of hydrogen-bond donors (Lipinski definition) is 0. The topological polar surface area (TPSA) is 3.24 Å². The average Bonchev–Trinajstić information content (AvgIpc) is 2.48. The number of nitrogens with zero attached hydrogens (tertiary/aromatic N) is 1. The molecule has 4 heteroatoms. The van der Waals surface area contributed by atoms with Crippen LogP contribution in [0.2, 0.25) is 4.34 Å². The van der Waals surface area contributed by atoms with Crippen LogP contribution in [0.15, 0.2) is 23.7 Å². The quantitative estimate of drug-likeness (QED) is 0.772. The Morgan fingerprint density at radius 3 is 2.85 bits per heavy atom. The van der Waals surface area contributed by atoms with E-state index in [1.807, 2.05) is 25.3 Å². The van der Waals surface area contributed by atoms with Crippen LogP contribution in [-0.4, -0.2) is 18.5 Å². The monoisotopic (exact) mass is 235 g/mol. The predicted octanol–water partition coefficient (Wildman–Crippen LogP) is 3.59. The fourth-order valence-corrected chi connectivity index (χ4v) is 2.23. The van der Waals surface area contributed by atoms with Crippen molar-refractivity contribution in [2.24, 2.45) is 0 Å². The summed E-state index contributed by atoms with van der Waals surface area (Å²) in [4.78, 5) is 3.44. The summed E-state index contributed by atoms with van der Waals surface area (Å²) >= 11 is 12.9. The molecule has 0 aliphatic rings. The van der Waals surface area contributed by atoms with Crippen LogP contribution in [0.1, 0.15) is 4.88 Å². The van der Waals surface area contributed by atoms with Crippen molar-refractivity contribution in [3.63, 3.8) is 0 Å². The molecule has 0 bridgehead atoms. The lowest BCUT2D eigenvalue weighted by atomic mass is 10.4. The lowest BCUT2D eigenvalue weighted by Crippen LogP contribution is -2.16. The van der Waals surface area contributed by atoms with Crippen molar-refractivity contribution in [1.82, 2.24) is 4.90 Å². The smallest absolute Gasteiger partial charge is 0.0931 e. The first kappa shape index (κ1) is 11.1. The maximum Gasteiger partial charge on any atom is 0.0931 e. The summed E-state index contributed by atoms with van der Waals surface area (Å²) < 4.78 is 0.844. The van der Waals surface area contributed by atoms with Crippen molar-refractivity contribution in [1.29, 1.82) is 0 Å². The van der Waals surface area contributed by atoms with Gasteiger partial charge in [0, 0.05) is 23.5 Å². The zero-order chi connectivity index (χ0) is 9.68. The van der Waals surface area contributed by atoms with E-state index in [0.717, 1.165) is 17.4 Å². The van der Waals surface area contributed by atoms with Crippen LogP contribution in [0.4, 0.5) is 0 Å². The standard InChI is InChI=1S/C9H11Cl2NS/c1-12(6-2-5-10)7-8-3-4-9(11)13-8/h2-5H,6-7H2,1H3/b5-2+. The molecule has 0 saturated heterocycles. The molecule has 1 nitrogen and oxygen atoms in total. The molecule has 0 amide bonds. The van der Waals surface area contributed by atoms with Crippen LogP contribution in [-0.2, 0) is 6.54 Å². The molecule has 0 unspecified atom stereocenters. The van der Waals surface area contributed by atoms with Gasteiger partial charge in [0.25, 0.3) is 0 Å². The van der Waals surface area contributed by atoms with E-state index in [4.69, 9.17) is 23.2 Å². The van der Waals surface area contributed by atoms with Crippen molar-refractivity contribution < 1.29 is 0 Å². The summed E-state index contributed by atoms with van der Waals surface area (Å²) in [6.07, 6.45) is 1.91. The van der Waals surface area contributed by atoms with Gasteiger partial charge in [0.1, 0.15) is 0 Å². The third-order valence-corrected chi connectivity index (χ3v) is 2.95. The third kappa shape index (κ3) is 4.14. The number of halogens is 2. The Morgan fingerprint density at radius 1 is 1.54 bits per heavy atom. The minimum Gasteiger partial charge on any atom is -0.298 e. The summed E-state index contributed by atoms with van der Waals surface area (Å²) in [5.41, 5.74) is 1.54. The molecular formula is C9H11Cl2NS. The molecular weight excluding hydrogens is 225 g/mol. The Hall–Kier alpha value is -0.0200. The average molecular weight is 236 g/mol. The maximum atomic E-state index is 5.81. The van der Waals surface area contributed by atoms with Crippen LogP contribution >= 0.6 is 34.5 Å². The van der Waals surface area contributed by atoms with Gasteiger partial charge in [-0.2, -0.15) is 0 Å². The number of likely N-dealkylation sites (N-methyl/N-ethyl adjacent to an activating group) is 1.